The quantitative estimate of drug-likeness (QED) is 0.130. The summed E-state index contributed by atoms with van der Waals surface area (Å²) in [4.78, 5) is 27.5. The number of fused-ring (bicyclic) bond motifs is 6. The van der Waals surface area contributed by atoms with Crippen molar-refractivity contribution < 1.29 is 14.3 Å². The largest absolute Gasteiger partial charge is 0.493 e. The second-order valence-corrected chi connectivity index (χ2v) is 11.2. The van der Waals surface area contributed by atoms with Crippen molar-refractivity contribution >= 4 is 54.7 Å². The van der Waals surface area contributed by atoms with Crippen molar-refractivity contribution in [3.63, 3.8) is 0 Å². The molecular weight excluding hydrogens is 504 g/mol. The van der Waals surface area contributed by atoms with Gasteiger partial charge in [-0.25, -0.2) is 0 Å². The van der Waals surface area contributed by atoms with Crippen molar-refractivity contribution in [2.45, 2.75) is 19.8 Å². The highest BCUT2D eigenvalue weighted by Crippen LogP contribution is 2.53. The Bertz CT molecular complexity index is 2310. The first-order chi connectivity index (χ1) is 20.2. The predicted octanol–water partition coefficient (Wildman–Crippen LogP) is 9.34. The molecule has 3 heteroatoms. The molecule has 0 bridgehead atoms. The number of rotatable bonds is 4. The Morgan fingerprint density at radius 3 is 1.68 bits per heavy atom. The van der Waals surface area contributed by atoms with Crippen molar-refractivity contribution in [3.8, 4) is 28.0 Å². The van der Waals surface area contributed by atoms with Crippen molar-refractivity contribution in [2.75, 3.05) is 6.61 Å². The third-order valence-corrected chi connectivity index (χ3v) is 9.14. The zero-order valence-electron chi connectivity index (χ0n) is 22.5. The van der Waals surface area contributed by atoms with Crippen molar-refractivity contribution in [1.82, 2.24) is 0 Å². The molecule has 0 aliphatic heterocycles. The number of carbonyl (C=O) groups excluding carboxylic acids is 2. The van der Waals surface area contributed by atoms with Crippen LogP contribution < -0.4 is 4.74 Å². The summed E-state index contributed by atoms with van der Waals surface area (Å²) in [5.41, 5.74) is 7.01. The first kappa shape index (κ1) is 22.8. The summed E-state index contributed by atoms with van der Waals surface area (Å²) in [5, 5.41) is 8.39. The Morgan fingerprint density at radius 1 is 0.488 bits per heavy atom. The summed E-state index contributed by atoms with van der Waals surface area (Å²) >= 11 is 0. The van der Waals surface area contributed by atoms with E-state index in [0.29, 0.717) is 6.61 Å². The molecule has 41 heavy (non-hydrogen) atoms. The number of unbranched alkanes of at least 4 members (excludes halogenated alkanes) is 1. The molecule has 0 N–H and O–H groups in total. The van der Waals surface area contributed by atoms with E-state index in [9.17, 15) is 9.59 Å². The molecule has 0 atom stereocenters. The first-order valence-electron chi connectivity index (χ1n) is 14.3. The van der Waals surface area contributed by atoms with Crippen LogP contribution in [0.5, 0.6) is 5.75 Å². The maximum absolute atomic E-state index is 13.8. The van der Waals surface area contributed by atoms with Gasteiger partial charge in [0.2, 0.25) is 0 Å². The van der Waals surface area contributed by atoms with Gasteiger partial charge in [0, 0.05) is 43.8 Å². The van der Waals surface area contributed by atoms with E-state index in [2.05, 4.69) is 37.3 Å². The van der Waals surface area contributed by atoms with Crippen LogP contribution in [0.2, 0.25) is 0 Å². The molecule has 0 fully saturated rings. The van der Waals surface area contributed by atoms with Crippen molar-refractivity contribution in [3.05, 3.63) is 113 Å². The van der Waals surface area contributed by atoms with Gasteiger partial charge in [0.25, 0.3) is 0 Å². The SMILES string of the molecule is CCCCOc1cc2c3c(ccc4c5ccc6c7c(ccc(c1c34)c75)-c1ccccc1C6=O)C(=O)c1ccccc1-2. The second kappa shape index (κ2) is 8.02. The minimum absolute atomic E-state index is 0.0588. The Morgan fingerprint density at radius 2 is 1.02 bits per heavy atom. The lowest BCUT2D eigenvalue weighted by Crippen LogP contribution is -2.12. The van der Waals surface area contributed by atoms with Crippen LogP contribution in [0.1, 0.15) is 51.6 Å². The van der Waals surface area contributed by atoms with Gasteiger partial charge in [-0.3, -0.25) is 9.59 Å². The molecule has 2 aliphatic rings. The third kappa shape index (κ3) is 2.78. The maximum atomic E-state index is 13.8. The monoisotopic (exact) mass is 528 g/mol. The molecule has 0 saturated heterocycles. The summed E-state index contributed by atoms with van der Waals surface area (Å²) in [6.07, 6.45) is 1.99. The number of ketones is 2. The molecule has 0 aromatic heterocycles. The number of hydrogen-bond donors (Lipinski definition) is 0. The summed E-state index contributed by atoms with van der Waals surface area (Å²) < 4.78 is 6.59. The minimum atomic E-state index is 0.0588. The average molecular weight is 529 g/mol. The Labute approximate surface area is 236 Å². The van der Waals surface area contributed by atoms with Gasteiger partial charge in [0.15, 0.2) is 11.6 Å². The fourth-order valence-electron chi connectivity index (χ4n) is 7.34. The fraction of sp³-hybridized carbons (Fsp3) is 0.105. The molecule has 194 valence electrons. The van der Waals surface area contributed by atoms with Gasteiger partial charge in [0.05, 0.1) is 6.61 Å². The van der Waals surface area contributed by atoms with Crippen molar-refractivity contribution in [2.24, 2.45) is 0 Å². The van der Waals surface area contributed by atoms with E-state index in [1.807, 2.05) is 60.7 Å². The topological polar surface area (TPSA) is 43.4 Å². The lowest BCUT2D eigenvalue weighted by Gasteiger charge is -2.27. The third-order valence-electron chi connectivity index (χ3n) is 9.14. The predicted molar refractivity (Wildman–Crippen MR) is 166 cm³/mol. The first-order valence-corrected chi connectivity index (χ1v) is 14.3. The van der Waals surface area contributed by atoms with Crippen molar-refractivity contribution in [1.29, 1.82) is 0 Å². The van der Waals surface area contributed by atoms with Crippen LogP contribution in [-0.2, 0) is 0 Å². The van der Waals surface area contributed by atoms with Gasteiger partial charge in [-0.1, -0.05) is 86.1 Å². The molecule has 9 rings (SSSR count). The molecule has 0 saturated carbocycles. The minimum Gasteiger partial charge on any atom is -0.493 e. The van der Waals surface area contributed by atoms with E-state index in [0.717, 1.165) is 106 Å². The van der Waals surface area contributed by atoms with Gasteiger partial charge in [-0.05, 0) is 68.4 Å². The van der Waals surface area contributed by atoms with Crippen LogP contribution in [0.3, 0.4) is 0 Å². The number of hydrogen-bond acceptors (Lipinski definition) is 3. The Kier molecular flexibility index (Phi) is 4.45. The molecule has 0 heterocycles. The Hall–Kier alpha value is -5.02. The van der Waals surface area contributed by atoms with Gasteiger partial charge in [-0.15, -0.1) is 0 Å². The highest BCUT2D eigenvalue weighted by Gasteiger charge is 2.31. The summed E-state index contributed by atoms with van der Waals surface area (Å²) in [6, 6.07) is 30.5. The summed E-state index contributed by atoms with van der Waals surface area (Å²) in [7, 11) is 0. The molecule has 0 spiro atoms. The zero-order valence-corrected chi connectivity index (χ0v) is 22.5. The lowest BCUT2D eigenvalue weighted by molar-refractivity contribution is 0.103. The van der Waals surface area contributed by atoms with Gasteiger partial charge < -0.3 is 4.74 Å². The van der Waals surface area contributed by atoms with Gasteiger partial charge in [0.1, 0.15) is 5.75 Å². The molecular formula is C38H24O3. The van der Waals surface area contributed by atoms with E-state index in [4.69, 9.17) is 4.74 Å². The number of carbonyl (C=O) groups is 2. The van der Waals surface area contributed by atoms with Crippen LogP contribution in [0.25, 0.3) is 65.3 Å². The van der Waals surface area contributed by atoms with E-state index in [1.54, 1.807) is 0 Å². The molecule has 0 radical (unpaired) electrons. The molecule has 7 aromatic carbocycles. The molecule has 0 unspecified atom stereocenters. The summed E-state index contributed by atoms with van der Waals surface area (Å²) in [6.45, 7) is 2.78. The van der Waals surface area contributed by atoms with Crippen LogP contribution in [0, 0.1) is 0 Å². The fourth-order valence-corrected chi connectivity index (χ4v) is 7.34. The zero-order chi connectivity index (χ0) is 27.4. The smallest absolute Gasteiger partial charge is 0.194 e. The molecule has 7 aromatic rings. The molecule has 2 aliphatic carbocycles. The second-order valence-electron chi connectivity index (χ2n) is 11.2. The van der Waals surface area contributed by atoms with Gasteiger partial charge in [-0.2, -0.15) is 0 Å². The van der Waals surface area contributed by atoms with E-state index >= 15 is 0 Å². The Balaban J connectivity index is 1.51. The van der Waals surface area contributed by atoms with Crippen LogP contribution >= 0.6 is 0 Å². The van der Waals surface area contributed by atoms with Crippen LogP contribution in [-0.4, -0.2) is 18.2 Å². The van der Waals surface area contributed by atoms with E-state index in [-0.39, 0.29) is 11.6 Å². The van der Waals surface area contributed by atoms with E-state index < -0.39 is 0 Å². The summed E-state index contributed by atoms with van der Waals surface area (Å²) in [5.74, 6) is 0.954. The average Bonchev–Trinajstić information content (AvgIpc) is 3.02. The maximum Gasteiger partial charge on any atom is 0.194 e. The van der Waals surface area contributed by atoms with Gasteiger partial charge >= 0.3 is 0 Å². The highest BCUT2D eigenvalue weighted by atomic mass is 16.5. The number of benzene rings is 7. The highest BCUT2D eigenvalue weighted by molar-refractivity contribution is 6.42. The lowest BCUT2D eigenvalue weighted by atomic mass is 9.76. The normalized spacial score (nSPS) is 13.4. The van der Waals surface area contributed by atoms with Crippen LogP contribution in [0.15, 0.2) is 91.0 Å². The number of ether oxygens (including phenoxy) is 1. The standard InChI is InChI=1S/C38H24O3/c1-2-3-18-41-31-19-30-21-9-5-7-11-26(21)38(40)29-17-14-24-23-13-16-28-33-22(20-8-4-6-10-25(20)37(28)39)12-15-27(32(23)33)35(31)36(24)34(29)30/h4-17,19H,2-3,18H2,1H3. The van der Waals surface area contributed by atoms with Crippen LogP contribution in [0.4, 0.5) is 0 Å². The molecule has 0 amide bonds. The van der Waals surface area contributed by atoms with E-state index in [1.165, 1.54) is 0 Å². The molecule has 3 nitrogen and oxygen atoms in total.